The number of fused-ring (bicyclic) bond motifs is 6. The Morgan fingerprint density at radius 2 is 2.00 bits per heavy atom. The molecule has 3 atom stereocenters. The van der Waals surface area contributed by atoms with E-state index in [0.717, 1.165) is 5.75 Å². The van der Waals surface area contributed by atoms with Crippen LogP contribution in [-0.4, -0.2) is 10.8 Å². The lowest BCUT2D eigenvalue weighted by Crippen LogP contribution is -2.67. The van der Waals surface area contributed by atoms with E-state index in [9.17, 15) is 0 Å². The molecule has 2 N–H and O–H groups in total. The van der Waals surface area contributed by atoms with Gasteiger partial charge < -0.3 is 15.4 Å². The molecule has 2 bridgehead atoms. The Morgan fingerprint density at radius 3 is 2.85 bits per heavy atom. The lowest BCUT2D eigenvalue weighted by Gasteiger charge is -2.50. The standard InChI is InChI=1S/C16H16N2OS/c1-9-14-13-11-6-4-3-5-10(11)7-8-12(13)19-16(9,2)18-15(20)17-14/h3-9,14H,1-2H3,(H2,17,18,20). The van der Waals surface area contributed by atoms with Gasteiger partial charge in [0.05, 0.1) is 6.04 Å². The molecule has 0 saturated carbocycles. The molecule has 2 aromatic carbocycles. The van der Waals surface area contributed by atoms with E-state index < -0.39 is 5.72 Å². The Hall–Kier alpha value is -1.81. The molecule has 4 rings (SSSR count). The summed E-state index contributed by atoms with van der Waals surface area (Å²) in [6.45, 7) is 4.26. The minimum absolute atomic E-state index is 0.184. The quantitative estimate of drug-likeness (QED) is 0.728. The summed E-state index contributed by atoms with van der Waals surface area (Å²) < 4.78 is 6.24. The normalized spacial score (nSPS) is 31.0. The summed E-state index contributed by atoms with van der Waals surface area (Å²) >= 11 is 5.33. The molecule has 20 heavy (non-hydrogen) atoms. The second-order valence-corrected chi connectivity index (χ2v) is 6.18. The van der Waals surface area contributed by atoms with Gasteiger partial charge in [-0.2, -0.15) is 0 Å². The van der Waals surface area contributed by atoms with Crippen molar-refractivity contribution in [3.63, 3.8) is 0 Å². The van der Waals surface area contributed by atoms with Crippen molar-refractivity contribution < 1.29 is 4.74 Å². The first-order valence-corrected chi connectivity index (χ1v) is 7.29. The fourth-order valence-electron chi connectivity index (χ4n) is 3.31. The van der Waals surface area contributed by atoms with Gasteiger partial charge in [0.2, 0.25) is 0 Å². The molecule has 3 nitrogen and oxygen atoms in total. The van der Waals surface area contributed by atoms with Gasteiger partial charge in [-0.25, -0.2) is 0 Å². The van der Waals surface area contributed by atoms with Crippen LogP contribution >= 0.6 is 12.2 Å². The van der Waals surface area contributed by atoms with Crippen molar-refractivity contribution in [2.24, 2.45) is 5.92 Å². The second-order valence-electron chi connectivity index (χ2n) is 5.77. The largest absolute Gasteiger partial charge is 0.468 e. The van der Waals surface area contributed by atoms with E-state index in [4.69, 9.17) is 17.0 Å². The van der Waals surface area contributed by atoms with Crippen LogP contribution in [0.3, 0.4) is 0 Å². The van der Waals surface area contributed by atoms with E-state index >= 15 is 0 Å². The minimum atomic E-state index is -0.442. The highest BCUT2D eigenvalue weighted by atomic mass is 32.1. The zero-order chi connectivity index (χ0) is 13.9. The van der Waals surface area contributed by atoms with Crippen LogP contribution in [0.4, 0.5) is 0 Å². The van der Waals surface area contributed by atoms with E-state index in [1.807, 2.05) is 0 Å². The van der Waals surface area contributed by atoms with Crippen molar-refractivity contribution in [1.29, 1.82) is 0 Å². The lowest BCUT2D eigenvalue weighted by molar-refractivity contribution is -0.0256. The molecular weight excluding hydrogens is 268 g/mol. The van der Waals surface area contributed by atoms with Gasteiger partial charge in [0.15, 0.2) is 10.8 Å². The first-order chi connectivity index (χ1) is 9.58. The van der Waals surface area contributed by atoms with E-state index in [1.165, 1.54) is 16.3 Å². The third kappa shape index (κ3) is 1.48. The van der Waals surface area contributed by atoms with Gasteiger partial charge in [0, 0.05) is 11.5 Å². The van der Waals surface area contributed by atoms with Crippen molar-refractivity contribution >= 4 is 28.1 Å². The molecule has 4 heteroatoms. The number of nitrogens with one attached hydrogen (secondary N) is 2. The summed E-state index contributed by atoms with van der Waals surface area (Å²) in [5.74, 6) is 1.23. The van der Waals surface area contributed by atoms with Gasteiger partial charge >= 0.3 is 0 Å². The first-order valence-electron chi connectivity index (χ1n) is 6.88. The maximum Gasteiger partial charge on any atom is 0.184 e. The molecule has 1 fully saturated rings. The highest BCUT2D eigenvalue weighted by Gasteiger charge is 2.48. The van der Waals surface area contributed by atoms with Gasteiger partial charge in [-0.05, 0) is 36.0 Å². The molecule has 3 unspecified atom stereocenters. The van der Waals surface area contributed by atoms with Gasteiger partial charge in [-0.1, -0.05) is 37.3 Å². The van der Waals surface area contributed by atoms with Crippen LogP contribution in [0, 0.1) is 5.92 Å². The van der Waals surface area contributed by atoms with E-state index in [2.05, 4.69) is 60.9 Å². The summed E-state index contributed by atoms with van der Waals surface area (Å²) in [5, 5.41) is 9.80. The van der Waals surface area contributed by atoms with Crippen molar-refractivity contribution in [3.05, 3.63) is 42.0 Å². The number of benzene rings is 2. The Balaban J connectivity index is 2.01. The Bertz CT molecular complexity index is 729. The van der Waals surface area contributed by atoms with Gasteiger partial charge in [-0.3, -0.25) is 0 Å². The van der Waals surface area contributed by atoms with Crippen LogP contribution in [0.15, 0.2) is 36.4 Å². The monoisotopic (exact) mass is 284 g/mol. The molecule has 2 aliphatic heterocycles. The summed E-state index contributed by atoms with van der Waals surface area (Å²) in [6.07, 6.45) is 0. The van der Waals surface area contributed by atoms with E-state index in [-0.39, 0.29) is 12.0 Å². The molecule has 0 radical (unpaired) electrons. The Kier molecular flexibility index (Phi) is 2.31. The van der Waals surface area contributed by atoms with E-state index in [1.54, 1.807) is 0 Å². The maximum atomic E-state index is 6.24. The van der Waals surface area contributed by atoms with Crippen molar-refractivity contribution in [1.82, 2.24) is 10.6 Å². The van der Waals surface area contributed by atoms with Gasteiger partial charge in [0.25, 0.3) is 0 Å². The summed E-state index contributed by atoms with van der Waals surface area (Å²) in [6, 6.07) is 12.8. The minimum Gasteiger partial charge on any atom is -0.468 e. The second kappa shape index (κ2) is 3.85. The number of hydrogen-bond acceptors (Lipinski definition) is 2. The SMILES string of the molecule is CC1C2NC(=S)NC1(C)Oc1ccc3ccccc3c12. The number of rotatable bonds is 0. The van der Waals surface area contributed by atoms with E-state index in [0.29, 0.717) is 5.11 Å². The fourth-order valence-corrected chi connectivity index (χ4v) is 3.64. The van der Waals surface area contributed by atoms with Crippen LogP contribution in [0.25, 0.3) is 10.8 Å². The molecule has 2 heterocycles. The molecule has 0 aromatic heterocycles. The third-order valence-corrected chi connectivity index (χ3v) is 4.80. The summed E-state index contributed by atoms with van der Waals surface area (Å²) in [5.41, 5.74) is 0.777. The fraction of sp³-hybridized carbons (Fsp3) is 0.312. The van der Waals surface area contributed by atoms with Crippen molar-refractivity contribution in [2.75, 3.05) is 0 Å². The van der Waals surface area contributed by atoms with Crippen LogP contribution in [0.2, 0.25) is 0 Å². The van der Waals surface area contributed by atoms with Crippen molar-refractivity contribution in [3.8, 4) is 5.75 Å². The predicted octanol–water partition coefficient (Wildman–Crippen LogP) is 3.10. The Morgan fingerprint density at radius 1 is 1.20 bits per heavy atom. The summed E-state index contributed by atoms with van der Waals surface area (Å²) in [7, 11) is 0. The number of hydrogen-bond donors (Lipinski definition) is 2. The molecule has 0 aliphatic carbocycles. The smallest absolute Gasteiger partial charge is 0.184 e. The Labute approximate surface area is 123 Å². The average molecular weight is 284 g/mol. The highest BCUT2D eigenvalue weighted by molar-refractivity contribution is 7.80. The zero-order valence-electron chi connectivity index (χ0n) is 11.4. The maximum absolute atomic E-state index is 6.24. The number of ether oxygens (including phenoxy) is 1. The molecule has 1 saturated heterocycles. The lowest BCUT2D eigenvalue weighted by atomic mass is 9.80. The molecular formula is C16H16N2OS. The number of thiocarbonyl (C=S) groups is 1. The molecule has 2 aliphatic rings. The van der Waals surface area contributed by atoms with Gasteiger partial charge in [0.1, 0.15) is 5.75 Å². The van der Waals surface area contributed by atoms with Crippen LogP contribution in [0.1, 0.15) is 25.5 Å². The molecule has 2 aromatic rings. The molecule has 0 spiro atoms. The zero-order valence-corrected chi connectivity index (χ0v) is 12.3. The van der Waals surface area contributed by atoms with Crippen LogP contribution < -0.4 is 15.4 Å². The first kappa shape index (κ1) is 12.0. The summed E-state index contributed by atoms with van der Waals surface area (Å²) in [4.78, 5) is 0. The van der Waals surface area contributed by atoms with Crippen molar-refractivity contribution in [2.45, 2.75) is 25.6 Å². The molecule has 0 amide bonds. The average Bonchev–Trinajstić information content (AvgIpc) is 2.41. The predicted molar refractivity (Wildman–Crippen MR) is 83.8 cm³/mol. The van der Waals surface area contributed by atoms with Crippen LogP contribution in [0.5, 0.6) is 5.75 Å². The topological polar surface area (TPSA) is 33.3 Å². The van der Waals surface area contributed by atoms with Crippen LogP contribution in [-0.2, 0) is 0 Å². The third-order valence-electron chi connectivity index (χ3n) is 4.58. The van der Waals surface area contributed by atoms with Gasteiger partial charge in [-0.15, -0.1) is 0 Å². The molecule has 102 valence electrons. The highest BCUT2D eigenvalue weighted by Crippen LogP contribution is 2.47.